The molecule has 0 amide bonds. The van der Waals surface area contributed by atoms with E-state index in [-0.39, 0.29) is 6.04 Å². The molecule has 4 nitrogen and oxygen atoms in total. The minimum Gasteiger partial charge on any atom is -0.211 e. The average molecular weight is 228 g/mol. The molecule has 0 N–H and O–H groups in total. The van der Waals surface area contributed by atoms with Crippen LogP contribution in [0.1, 0.15) is 32.6 Å². The topological polar surface area (TPSA) is 61.2 Å². The summed E-state index contributed by atoms with van der Waals surface area (Å²) < 4.78 is 25.6. The Kier molecular flexibility index (Phi) is 2.73. The predicted molar refractivity (Wildman–Crippen MR) is 56.4 cm³/mol. The van der Waals surface area contributed by atoms with E-state index in [4.69, 9.17) is 5.26 Å². The zero-order valence-corrected chi connectivity index (χ0v) is 9.70. The molecule has 0 radical (unpaired) electrons. The molecule has 0 spiro atoms. The van der Waals surface area contributed by atoms with Crippen molar-refractivity contribution in [2.45, 2.75) is 43.9 Å². The Labute approximate surface area is 90.9 Å². The lowest BCUT2D eigenvalue weighted by Crippen LogP contribution is -2.39. The van der Waals surface area contributed by atoms with Gasteiger partial charge in [-0.2, -0.15) is 9.57 Å². The number of hydrogen-bond donors (Lipinski definition) is 0. The highest BCUT2D eigenvalue weighted by Gasteiger charge is 2.42. The van der Waals surface area contributed by atoms with Gasteiger partial charge >= 0.3 is 0 Å². The number of sulfonamides is 1. The van der Waals surface area contributed by atoms with Crippen molar-refractivity contribution in [2.75, 3.05) is 6.54 Å². The van der Waals surface area contributed by atoms with E-state index in [1.807, 2.05) is 6.07 Å². The molecule has 0 bridgehead atoms. The summed E-state index contributed by atoms with van der Waals surface area (Å²) in [6.45, 7) is 2.11. The summed E-state index contributed by atoms with van der Waals surface area (Å²) in [6, 6.07) is 2.02. The zero-order valence-electron chi connectivity index (χ0n) is 8.89. The fourth-order valence-electron chi connectivity index (χ4n) is 1.65. The van der Waals surface area contributed by atoms with Gasteiger partial charge in [-0.3, -0.25) is 0 Å². The van der Waals surface area contributed by atoms with Crippen molar-refractivity contribution in [1.82, 2.24) is 4.31 Å². The lowest BCUT2D eigenvalue weighted by Gasteiger charge is -2.22. The molecule has 84 valence electrons. The van der Waals surface area contributed by atoms with Crippen LogP contribution >= 0.6 is 0 Å². The van der Waals surface area contributed by atoms with Crippen LogP contribution in [0.2, 0.25) is 0 Å². The van der Waals surface area contributed by atoms with Crippen LogP contribution in [0.25, 0.3) is 0 Å². The molecular weight excluding hydrogens is 212 g/mol. The third-order valence-electron chi connectivity index (χ3n) is 3.04. The predicted octanol–water partition coefficient (Wildman–Crippen LogP) is 1.10. The van der Waals surface area contributed by atoms with Crippen molar-refractivity contribution < 1.29 is 8.42 Å². The van der Waals surface area contributed by atoms with Crippen LogP contribution in [-0.4, -0.2) is 30.6 Å². The summed E-state index contributed by atoms with van der Waals surface area (Å²) >= 11 is 0. The van der Waals surface area contributed by atoms with Crippen molar-refractivity contribution in [3.63, 3.8) is 0 Å². The molecule has 0 aromatic rings. The van der Waals surface area contributed by atoms with Crippen molar-refractivity contribution in [2.24, 2.45) is 5.92 Å². The number of nitrogens with zero attached hydrogens (tertiary/aromatic N) is 2. The van der Waals surface area contributed by atoms with Crippen LogP contribution < -0.4 is 0 Å². The molecule has 5 heteroatoms. The highest BCUT2D eigenvalue weighted by Crippen LogP contribution is 2.37. The molecule has 2 aliphatic carbocycles. The first-order valence-electron chi connectivity index (χ1n) is 5.46. The molecular formula is C10H16N2O2S. The minimum absolute atomic E-state index is 0.186. The molecule has 2 rings (SSSR count). The second-order valence-corrected chi connectivity index (χ2v) is 6.77. The van der Waals surface area contributed by atoms with Gasteiger partial charge in [0.25, 0.3) is 0 Å². The van der Waals surface area contributed by atoms with Gasteiger partial charge in [-0.15, -0.1) is 0 Å². The quantitative estimate of drug-likeness (QED) is 0.708. The monoisotopic (exact) mass is 228 g/mol. The Morgan fingerprint density at radius 1 is 1.40 bits per heavy atom. The maximum absolute atomic E-state index is 12.0. The minimum atomic E-state index is -3.37. The van der Waals surface area contributed by atoms with Crippen molar-refractivity contribution >= 4 is 10.0 Å². The first kappa shape index (κ1) is 10.9. The molecule has 2 saturated carbocycles. The fourth-order valence-corrected chi connectivity index (χ4v) is 3.23. The van der Waals surface area contributed by atoms with E-state index in [1.54, 1.807) is 4.31 Å². The van der Waals surface area contributed by atoms with Crippen LogP contribution in [0.3, 0.4) is 0 Å². The second kappa shape index (κ2) is 3.76. The largest absolute Gasteiger partial charge is 0.230 e. The second-order valence-electron chi connectivity index (χ2n) is 4.56. The van der Waals surface area contributed by atoms with Crippen molar-refractivity contribution in [1.29, 1.82) is 5.26 Å². The van der Waals surface area contributed by atoms with E-state index in [2.05, 4.69) is 0 Å². The summed E-state index contributed by atoms with van der Waals surface area (Å²) in [4.78, 5) is 0. The number of hydrogen-bond acceptors (Lipinski definition) is 3. The van der Waals surface area contributed by atoms with Crippen LogP contribution in [0.5, 0.6) is 0 Å². The first-order valence-corrected chi connectivity index (χ1v) is 6.96. The molecule has 0 aromatic carbocycles. The normalized spacial score (nSPS) is 23.8. The zero-order chi connectivity index (χ0) is 11.1. The van der Waals surface area contributed by atoms with Crippen molar-refractivity contribution in [3.8, 4) is 6.07 Å². The van der Waals surface area contributed by atoms with Gasteiger partial charge in [0.1, 0.15) is 0 Å². The Bertz CT molecular complexity index is 377. The van der Waals surface area contributed by atoms with Gasteiger partial charge in [-0.25, -0.2) is 8.42 Å². The van der Waals surface area contributed by atoms with E-state index >= 15 is 0 Å². The summed E-state index contributed by atoms with van der Waals surface area (Å²) in [5.41, 5.74) is 0. The number of rotatable bonds is 5. The molecule has 2 fully saturated rings. The Hall–Kier alpha value is -0.600. The summed E-state index contributed by atoms with van der Waals surface area (Å²) in [7, 11) is -3.37. The maximum atomic E-state index is 12.0. The van der Waals surface area contributed by atoms with Crippen LogP contribution in [0.4, 0.5) is 0 Å². The molecule has 0 heterocycles. The van der Waals surface area contributed by atoms with E-state index in [1.165, 1.54) is 6.92 Å². The maximum Gasteiger partial charge on any atom is 0.230 e. The molecule has 1 unspecified atom stereocenters. The molecule has 0 saturated heterocycles. The third-order valence-corrected chi connectivity index (χ3v) is 5.14. The first-order chi connectivity index (χ1) is 7.05. The molecule has 15 heavy (non-hydrogen) atoms. The summed E-state index contributed by atoms with van der Waals surface area (Å²) in [5, 5.41) is 7.81. The van der Waals surface area contributed by atoms with Gasteiger partial charge in [0.2, 0.25) is 10.0 Å². The number of nitriles is 1. The summed E-state index contributed by atoms with van der Waals surface area (Å²) in [5.74, 6) is 0.547. The summed E-state index contributed by atoms with van der Waals surface area (Å²) in [6.07, 6.45) is 4.20. The van der Waals surface area contributed by atoms with Crippen LogP contribution in [0.15, 0.2) is 0 Å². The van der Waals surface area contributed by atoms with E-state index in [0.717, 1.165) is 25.7 Å². The van der Waals surface area contributed by atoms with Gasteiger partial charge < -0.3 is 0 Å². The smallest absolute Gasteiger partial charge is 0.211 e. The molecule has 0 aromatic heterocycles. The standard InChI is InChI=1S/C10H16N2O2S/c1-8(6-11)15(13,14)12(10-4-5-10)7-9-2-3-9/h8-10H,2-5,7H2,1H3. The van der Waals surface area contributed by atoms with E-state index < -0.39 is 15.3 Å². The Morgan fingerprint density at radius 3 is 2.40 bits per heavy atom. The van der Waals surface area contributed by atoms with Gasteiger partial charge in [0.05, 0.1) is 6.07 Å². The van der Waals surface area contributed by atoms with Crippen LogP contribution in [-0.2, 0) is 10.0 Å². The van der Waals surface area contributed by atoms with Crippen molar-refractivity contribution in [3.05, 3.63) is 0 Å². The average Bonchev–Trinajstić information content (AvgIpc) is 3.01. The molecule has 2 aliphatic rings. The molecule has 0 aliphatic heterocycles. The van der Waals surface area contributed by atoms with Gasteiger partial charge in [-0.1, -0.05) is 0 Å². The van der Waals surface area contributed by atoms with Crippen LogP contribution in [0, 0.1) is 17.2 Å². The Morgan fingerprint density at radius 2 is 2.00 bits per heavy atom. The Balaban J connectivity index is 2.12. The lowest BCUT2D eigenvalue weighted by molar-refractivity contribution is 0.386. The highest BCUT2D eigenvalue weighted by atomic mass is 32.2. The van der Waals surface area contributed by atoms with E-state index in [9.17, 15) is 8.42 Å². The lowest BCUT2D eigenvalue weighted by atomic mass is 10.4. The van der Waals surface area contributed by atoms with Gasteiger partial charge in [0.15, 0.2) is 5.25 Å². The fraction of sp³-hybridized carbons (Fsp3) is 0.900. The third kappa shape index (κ3) is 2.32. The SMILES string of the molecule is CC(C#N)S(=O)(=O)N(CC1CC1)C1CC1. The molecule has 1 atom stereocenters. The van der Waals surface area contributed by atoms with Gasteiger partial charge in [-0.05, 0) is 38.5 Å². The van der Waals surface area contributed by atoms with Gasteiger partial charge in [0, 0.05) is 12.6 Å². The highest BCUT2D eigenvalue weighted by molar-refractivity contribution is 7.90. The van der Waals surface area contributed by atoms with E-state index in [0.29, 0.717) is 12.5 Å².